The number of likely N-dealkylation sites (N-methyl/N-ethyl adjacent to an activating group) is 1. The highest BCUT2D eigenvalue weighted by Crippen LogP contribution is 2.23. The van der Waals surface area contributed by atoms with Crippen LogP contribution in [0.5, 0.6) is 0 Å². The van der Waals surface area contributed by atoms with E-state index in [0.717, 1.165) is 37.1 Å². The van der Waals surface area contributed by atoms with Gasteiger partial charge >= 0.3 is 0 Å². The molecule has 0 atom stereocenters. The largest absolute Gasteiger partial charge is 0.358 e. The summed E-state index contributed by atoms with van der Waals surface area (Å²) in [5.41, 5.74) is 0. The van der Waals surface area contributed by atoms with Gasteiger partial charge in [0.2, 0.25) is 5.91 Å². The smallest absolute Gasteiger partial charge is 0.233 e. The number of carbonyl (C=O) groups is 1. The van der Waals surface area contributed by atoms with Crippen LogP contribution in [0.2, 0.25) is 4.34 Å². The molecule has 2 rings (SSSR count). The van der Waals surface area contributed by atoms with Gasteiger partial charge in [-0.25, -0.2) is 0 Å². The zero-order chi connectivity index (χ0) is 13.0. The minimum Gasteiger partial charge on any atom is -0.358 e. The fourth-order valence-electron chi connectivity index (χ4n) is 2.04. The number of carbonyl (C=O) groups excluding carboxylic acids is 1. The molecule has 4 nitrogen and oxygen atoms in total. The second kappa shape index (κ2) is 6.52. The van der Waals surface area contributed by atoms with E-state index in [2.05, 4.69) is 21.2 Å². The third-order valence-electron chi connectivity index (χ3n) is 3.12. The molecule has 0 radical (unpaired) electrons. The summed E-state index contributed by atoms with van der Waals surface area (Å²) >= 11 is 7.56. The fraction of sp³-hybridized carbons (Fsp3) is 0.583. The van der Waals surface area contributed by atoms with Crippen LogP contribution in [-0.4, -0.2) is 55.5 Å². The van der Waals surface area contributed by atoms with Crippen molar-refractivity contribution in [3.05, 3.63) is 21.3 Å². The van der Waals surface area contributed by atoms with Crippen molar-refractivity contribution in [2.24, 2.45) is 0 Å². The highest BCUT2D eigenvalue weighted by atomic mass is 35.5. The van der Waals surface area contributed by atoms with Gasteiger partial charge in [-0.2, -0.15) is 0 Å². The molecule has 0 saturated carbocycles. The van der Waals surface area contributed by atoms with Crippen LogP contribution in [0.1, 0.15) is 4.88 Å². The van der Waals surface area contributed by atoms with Crippen molar-refractivity contribution in [1.29, 1.82) is 0 Å². The summed E-state index contributed by atoms with van der Waals surface area (Å²) < 4.78 is 0.850. The molecular formula is C12H18ClN3OS. The monoisotopic (exact) mass is 287 g/mol. The fourth-order valence-corrected chi connectivity index (χ4v) is 3.17. The quantitative estimate of drug-likeness (QED) is 0.906. The number of halogens is 1. The highest BCUT2D eigenvalue weighted by Gasteiger charge is 2.18. The number of rotatable bonds is 4. The Bertz CT molecular complexity index is 402. The second-order valence-electron chi connectivity index (χ2n) is 4.43. The predicted octanol–water partition coefficient (Wildman–Crippen LogP) is 1.27. The summed E-state index contributed by atoms with van der Waals surface area (Å²) in [4.78, 5) is 17.2. The Kier molecular flexibility index (Phi) is 5.00. The van der Waals surface area contributed by atoms with E-state index >= 15 is 0 Å². The number of nitrogens with zero attached hydrogens (tertiary/aromatic N) is 2. The molecule has 1 amide bonds. The van der Waals surface area contributed by atoms with E-state index in [0.29, 0.717) is 6.54 Å². The van der Waals surface area contributed by atoms with E-state index < -0.39 is 0 Å². The first-order valence-corrected chi connectivity index (χ1v) is 7.26. The van der Waals surface area contributed by atoms with Gasteiger partial charge in [0, 0.05) is 44.6 Å². The van der Waals surface area contributed by atoms with Gasteiger partial charge in [-0.05, 0) is 12.1 Å². The minimum atomic E-state index is 0.0912. The molecule has 0 unspecified atom stereocenters. The van der Waals surface area contributed by atoms with E-state index in [1.807, 2.05) is 6.07 Å². The molecule has 0 aliphatic carbocycles. The van der Waals surface area contributed by atoms with E-state index in [4.69, 9.17) is 11.6 Å². The molecule has 1 aromatic heterocycles. The lowest BCUT2D eigenvalue weighted by Crippen LogP contribution is -2.48. The van der Waals surface area contributed by atoms with Crippen LogP contribution in [0.4, 0.5) is 0 Å². The number of hydrogen-bond donors (Lipinski definition) is 1. The Balaban J connectivity index is 1.75. The normalized spacial score (nSPS) is 17.9. The van der Waals surface area contributed by atoms with Crippen LogP contribution in [-0.2, 0) is 11.3 Å². The van der Waals surface area contributed by atoms with Crippen LogP contribution >= 0.6 is 22.9 Å². The zero-order valence-corrected chi connectivity index (χ0v) is 12.1. The Labute approximate surface area is 117 Å². The average Bonchev–Trinajstić information content (AvgIpc) is 2.77. The van der Waals surface area contributed by atoms with E-state index in [9.17, 15) is 4.79 Å². The molecule has 1 aliphatic rings. The minimum absolute atomic E-state index is 0.0912. The molecule has 2 heterocycles. The summed E-state index contributed by atoms with van der Waals surface area (Å²) in [6, 6.07) is 4.04. The average molecular weight is 288 g/mol. The van der Waals surface area contributed by atoms with E-state index in [1.54, 1.807) is 18.4 Å². The first-order valence-electron chi connectivity index (χ1n) is 6.07. The maximum Gasteiger partial charge on any atom is 0.233 e. The Morgan fingerprint density at radius 2 is 2.00 bits per heavy atom. The molecule has 0 bridgehead atoms. The summed E-state index contributed by atoms with van der Waals surface area (Å²) in [7, 11) is 1.68. The van der Waals surface area contributed by atoms with Crippen molar-refractivity contribution < 1.29 is 4.79 Å². The maximum absolute atomic E-state index is 11.3. The van der Waals surface area contributed by atoms with Crippen LogP contribution < -0.4 is 5.32 Å². The van der Waals surface area contributed by atoms with Crippen molar-refractivity contribution in [1.82, 2.24) is 15.1 Å². The second-order valence-corrected chi connectivity index (χ2v) is 6.23. The molecule has 1 N–H and O–H groups in total. The first kappa shape index (κ1) is 13.8. The Morgan fingerprint density at radius 1 is 1.33 bits per heavy atom. The van der Waals surface area contributed by atoms with Crippen molar-refractivity contribution in [2.75, 3.05) is 39.8 Å². The predicted molar refractivity (Wildman–Crippen MR) is 75.1 cm³/mol. The van der Waals surface area contributed by atoms with Crippen LogP contribution in [0.3, 0.4) is 0 Å². The standard InChI is InChI=1S/C12H18ClN3OS/c1-14-12(17)9-16-6-4-15(5-7-16)8-10-2-3-11(13)18-10/h2-3H,4-9H2,1H3,(H,14,17). The lowest BCUT2D eigenvalue weighted by Gasteiger charge is -2.33. The van der Waals surface area contributed by atoms with E-state index in [-0.39, 0.29) is 5.91 Å². The number of piperazine rings is 1. The molecule has 1 aromatic rings. The van der Waals surface area contributed by atoms with Gasteiger partial charge in [0.15, 0.2) is 0 Å². The highest BCUT2D eigenvalue weighted by molar-refractivity contribution is 7.16. The molecule has 1 fully saturated rings. The number of hydrogen-bond acceptors (Lipinski definition) is 4. The third kappa shape index (κ3) is 3.95. The lowest BCUT2D eigenvalue weighted by molar-refractivity contribution is -0.122. The van der Waals surface area contributed by atoms with Gasteiger partial charge in [-0.15, -0.1) is 11.3 Å². The summed E-state index contributed by atoms with van der Waals surface area (Å²) in [5, 5.41) is 2.66. The van der Waals surface area contributed by atoms with Gasteiger partial charge in [-0.3, -0.25) is 14.6 Å². The molecule has 18 heavy (non-hydrogen) atoms. The van der Waals surface area contributed by atoms with Crippen LogP contribution in [0.15, 0.2) is 12.1 Å². The molecule has 100 valence electrons. The van der Waals surface area contributed by atoms with Gasteiger partial charge < -0.3 is 5.32 Å². The third-order valence-corrected chi connectivity index (χ3v) is 4.34. The number of thiophene rings is 1. The maximum atomic E-state index is 11.3. The molecule has 0 spiro atoms. The molecule has 1 aliphatic heterocycles. The Hall–Kier alpha value is -0.620. The molecule has 1 saturated heterocycles. The van der Waals surface area contributed by atoms with Gasteiger partial charge in [0.05, 0.1) is 10.9 Å². The van der Waals surface area contributed by atoms with Gasteiger partial charge in [-0.1, -0.05) is 11.6 Å². The lowest BCUT2D eigenvalue weighted by atomic mass is 10.3. The zero-order valence-electron chi connectivity index (χ0n) is 10.5. The summed E-state index contributed by atoms with van der Waals surface area (Å²) in [6.07, 6.45) is 0. The number of nitrogens with one attached hydrogen (secondary N) is 1. The summed E-state index contributed by atoms with van der Waals surface area (Å²) in [6.45, 7) is 5.39. The summed E-state index contributed by atoms with van der Waals surface area (Å²) in [5.74, 6) is 0.0912. The van der Waals surface area contributed by atoms with Crippen molar-refractivity contribution >= 4 is 28.8 Å². The SMILES string of the molecule is CNC(=O)CN1CCN(Cc2ccc(Cl)s2)CC1. The topological polar surface area (TPSA) is 35.6 Å². The van der Waals surface area contributed by atoms with Gasteiger partial charge in [0.25, 0.3) is 0 Å². The van der Waals surface area contributed by atoms with Crippen molar-refractivity contribution in [3.8, 4) is 0 Å². The van der Waals surface area contributed by atoms with Crippen LogP contribution in [0.25, 0.3) is 0 Å². The number of amides is 1. The molecular weight excluding hydrogens is 270 g/mol. The molecule has 6 heteroatoms. The van der Waals surface area contributed by atoms with E-state index in [1.165, 1.54) is 4.88 Å². The molecule has 0 aromatic carbocycles. The Morgan fingerprint density at radius 3 is 2.56 bits per heavy atom. The van der Waals surface area contributed by atoms with Crippen molar-refractivity contribution in [2.45, 2.75) is 6.54 Å². The first-order chi connectivity index (χ1) is 8.67. The van der Waals surface area contributed by atoms with Crippen LogP contribution in [0, 0.1) is 0 Å². The van der Waals surface area contributed by atoms with Crippen molar-refractivity contribution in [3.63, 3.8) is 0 Å². The van der Waals surface area contributed by atoms with Gasteiger partial charge in [0.1, 0.15) is 0 Å².